The van der Waals surface area contributed by atoms with Gasteiger partial charge in [-0.05, 0) is 47.7 Å². The molecule has 3 aromatic rings. The van der Waals surface area contributed by atoms with Crippen LogP contribution in [0.2, 0.25) is 0 Å². The maximum atomic E-state index is 12.1. The third-order valence-corrected chi connectivity index (χ3v) is 7.41. The van der Waals surface area contributed by atoms with Crippen molar-refractivity contribution in [3.8, 4) is 28.6 Å². The third-order valence-electron chi connectivity index (χ3n) is 6.23. The van der Waals surface area contributed by atoms with Crippen molar-refractivity contribution in [2.75, 3.05) is 25.1 Å². The Morgan fingerprint density at radius 1 is 1.15 bits per heavy atom. The van der Waals surface area contributed by atoms with Crippen LogP contribution >= 0.6 is 11.8 Å². The quantitative estimate of drug-likeness (QED) is 0.547. The predicted octanol–water partition coefficient (Wildman–Crippen LogP) is 3.87. The molecule has 3 heterocycles. The summed E-state index contributed by atoms with van der Waals surface area (Å²) in [7, 11) is 2.07. The van der Waals surface area contributed by atoms with Gasteiger partial charge in [0, 0.05) is 31.8 Å². The van der Waals surface area contributed by atoms with Crippen molar-refractivity contribution in [2.24, 2.45) is 0 Å². The van der Waals surface area contributed by atoms with Crippen LogP contribution in [0.15, 0.2) is 35.5 Å². The first-order chi connectivity index (χ1) is 15.8. The summed E-state index contributed by atoms with van der Waals surface area (Å²) in [4.78, 5) is 14.3. The standard InChI is InChI=1S/C24H26N4O4S/c1-13(2)16-11-17(20(30)12-19(16)29)22-25-26-24(33-21-7-9-32-23(21)31)28(22)15-4-5-18-14(10-15)6-8-27(18)3/h4-5,10-13,21,29-30H,6-9H2,1-3H3. The maximum absolute atomic E-state index is 12.1. The molecule has 0 amide bonds. The molecule has 8 nitrogen and oxygen atoms in total. The van der Waals surface area contributed by atoms with E-state index in [1.807, 2.05) is 24.5 Å². The first kappa shape index (κ1) is 21.6. The molecule has 0 aliphatic carbocycles. The molecule has 9 heteroatoms. The number of benzene rings is 2. The van der Waals surface area contributed by atoms with E-state index in [0.29, 0.717) is 35.1 Å². The maximum Gasteiger partial charge on any atom is 0.319 e. The lowest BCUT2D eigenvalue weighted by Crippen LogP contribution is -2.12. The normalized spacial score (nSPS) is 17.6. The Morgan fingerprint density at radius 2 is 1.97 bits per heavy atom. The molecular weight excluding hydrogens is 440 g/mol. The van der Waals surface area contributed by atoms with Crippen LogP contribution in [0.5, 0.6) is 11.5 Å². The summed E-state index contributed by atoms with van der Waals surface area (Å²) in [5.41, 5.74) is 4.46. The van der Waals surface area contributed by atoms with Gasteiger partial charge in [-0.2, -0.15) is 0 Å². The van der Waals surface area contributed by atoms with Gasteiger partial charge in [-0.1, -0.05) is 25.6 Å². The molecule has 1 atom stereocenters. The number of anilines is 1. The zero-order valence-corrected chi connectivity index (χ0v) is 19.6. The van der Waals surface area contributed by atoms with Gasteiger partial charge < -0.3 is 19.8 Å². The average molecular weight is 467 g/mol. The fourth-order valence-electron chi connectivity index (χ4n) is 4.39. The molecule has 0 saturated carbocycles. The molecule has 2 aromatic carbocycles. The fourth-order valence-corrected chi connectivity index (χ4v) is 5.41. The van der Waals surface area contributed by atoms with Crippen LogP contribution in [0, 0.1) is 0 Å². The molecule has 1 saturated heterocycles. The van der Waals surface area contributed by atoms with Gasteiger partial charge >= 0.3 is 5.97 Å². The number of aromatic hydroxyl groups is 2. The summed E-state index contributed by atoms with van der Waals surface area (Å²) >= 11 is 1.32. The fraction of sp³-hybridized carbons (Fsp3) is 0.375. The molecule has 1 fully saturated rings. The van der Waals surface area contributed by atoms with Gasteiger partial charge in [0.2, 0.25) is 0 Å². The van der Waals surface area contributed by atoms with Crippen LogP contribution in [0.3, 0.4) is 0 Å². The van der Waals surface area contributed by atoms with E-state index in [0.717, 1.165) is 18.7 Å². The topological polar surface area (TPSA) is 101 Å². The number of hydrogen-bond acceptors (Lipinski definition) is 8. The summed E-state index contributed by atoms with van der Waals surface area (Å²) in [5.74, 6) is 0.221. The predicted molar refractivity (Wildman–Crippen MR) is 126 cm³/mol. The second kappa shape index (κ2) is 8.30. The molecule has 33 heavy (non-hydrogen) atoms. The Labute approximate surface area is 196 Å². The van der Waals surface area contributed by atoms with Crippen LogP contribution in [0.25, 0.3) is 17.1 Å². The van der Waals surface area contributed by atoms with E-state index in [4.69, 9.17) is 4.74 Å². The average Bonchev–Trinajstić information content (AvgIpc) is 3.47. The SMILES string of the molecule is CC(C)c1cc(-c2nnc(SC3CCOC3=O)n2-c2ccc3c(c2)CCN3C)c(O)cc1O. The Kier molecular flexibility index (Phi) is 5.44. The minimum Gasteiger partial charge on any atom is -0.508 e. The first-order valence-electron chi connectivity index (χ1n) is 11.0. The lowest BCUT2D eigenvalue weighted by atomic mass is 9.98. The number of ether oxygens (including phenoxy) is 1. The summed E-state index contributed by atoms with van der Waals surface area (Å²) in [6.45, 7) is 5.31. The van der Waals surface area contributed by atoms with Crippen molar-refractivity contribution in [1.82, 2.24) is 14.8 Å². The highest BCUT2D eigenvalue weighted by molar-refractivity contribution is 8.00. The van der Waals surface area contributed by atoms with E-state index in [1.54, 1.807) is 6.07 Å². The van der Waals surface area contributed by atoms with Gasteiger partial charge in [0.15, 0.2) is 11.0 Å². The number of phenols is 2. The summed E-state index contributed by atoms with van der Waals surface area (Å²) in [5, 5.41) is 30.1. The van der Waals surface area contributed by atoms with Crippen molar-refractivity contribution in [3.63, 3.8) is 0 Å². The van der Waals surface area contributed by atoms with Crippen LogP contribution < -0.4 is 4.90 Å². The lowest BCUT2D eigenvalue weighted by molar-refractivity contribution is -0.137. The molecule has 2 N–H and O–H groups in total. The summed E-state index contributed by atoms with van der Waals surface area (Å²) in [6, 6.07) is 9.31. The van der Waals surface area contributed by atoms with E-state index in [2.05, 4.69) is 34.3 Å². The Hall–Kier alpha value is -3.20. The molecule has 2 aliphatic rings. The Balaban J connectivity index is 1.67. The molecule has 172 valence electrons. The van der Waals surface area contributed by atoms with Crippen molar-refractivity contribution in [1.29, 1.82) is 0 Å². The number of likely N-dealkylation sites (N-methyl/N-ethyl adjacent to an activating group) is 1. The number of carbonyl (C=O) groups is 1. The second-order valence-corrected chi connectivity index (χ2v) is 9.94. The number of aromatic nitrogens is 3. The number of fused-ring (bicyclic) bond motifs is 1. The van der Waals surface area contributed by atoms with Gasteiger partial charge in [-0.15, -0.1) is 10.2 Å². The van der Waals surface area contributed by atoms with Crippen molar-refractivity contribution in [2.45, 2.75) is 43.0 Å². The van der Waals surface area contributed by atoms with Gasteiger partial charge in [0.25, 0.3) is 0 Å². The number of esters is 1. The summed E-state index contributed by atoms with van der Waals surface area (Å²) < 4.78 is 7.01. The monoisotopic (exact) mass is 466 g/mol. The minimum absolute atomic E-state index is 0.0428. The Morgan fingerprint density at radius 3 is 2.70 bits per heavy atom. The van der Waals surface area contributed by atoms with Gasteiger partial charge in [0.05, 0.1) is 17.9 Å². The number of carbonyl (C=O) groups excluding carboxylic acids is 1. The van der Waals surface area contributed by atoms with Gasteiger partial charge in [-0.3, -0.25) is 9.36 Å². The van der Waals surface area contributed by atoms with Crippen LogP contribution in [-0.4, -0.2) is 56.4 Å². The largest absolute Gasteiger partial charge is 0.508 e. The highest BCUT2D eigenvalue weighted by Gasteiger charge is 2.31. The van der Waals surface area contributed by atoms with E-state index in [1.165, 1.54) is 29.1 Å². The molecule has 1 unspecified atom stereocenters. The number of cyclic esters (lactones) is 1. The number of phenolic OH excluding ortho intramolecular Hbond substituents is 2. The minimum atomic E-state index is -0.346. The molecular formula is C24H26N4O4S. The lowest BCUT2D eigenvalue weighted by Gasteiger charge is -2.16. The molecule has 5 rings (SSSR count). The third kappa shape index (κ3) is 3.80. The van der Waals surface area contributed by atoms with E-state index in [-0.39, 0.29) is 28.6 Å². The molecule has 0 spiro atoms. The van der Waals surface area contributed by atoms with Crippen molar-refractivity contribution >= 4 is 23.4 Å². The number of nitrogens with zero attached hydrogens (tertiary/aromatic N) is 4. The highest BCUT2D eigenvalue weighted by Crippen LogP contribution is 2.41. The molecule has 1 aromatic heterocycles. The zero-order valence-electron chi connectivity index (χ0n) is 18.8. The van der Waals surface area contributed by atoms with E-state index < -0.39 is 0 Å². The second-order valence-electron chi connectivity index (χ2n) is 8.77. The van der Waals surface area contributed by atoms with Gasteiger partial charge in [0.1, 0.15) is 16.7 Å². The molecule has 0 bridgehead atoms. The van der Waals surface area contributed by atoms with Crippen molar-refractivity contribution in [3.05, 3.63) is 41.5 Å². The molecule has 0 radical (unpaired) electrons. The highest BCUT2D eigenvalue weighted by atomic mass is 32.2. The number of rotatable bonds is 5. The number of hydrogen-bond donors (Lipinski definition) is 2. The van der Waals surface area contributed by atoms with E-state index >= 15 is 0 Å². The number of thioether (sulfide) groups is 1. The zero-order chi connectivity index (χ0) is 23.3. The summed E-state index contributed by atoms with van der Waals surface area (Å²) in [6.07, 6.45) is 1.55. The van der Waals surface area contributed by atoms with Gasteiger partial charge in [-0.25, -0.2) is 0 Å². The van der Waals surface area contributed by atoms with E-state index in [9.17, 15) is 15.0 Å². The smallest absolute Gasteiger partial charge is 0.319 e. The Bertz CT molecular complexity index is 1240. The van der Waals surface area contributed by atoms with Crippen LogP contribution in [0.1, 0.15) is 37.3 Å². The first-order valence-corrected chi connectivity index (χ1v) is 11.9. The van der Waals surface area contributed by atoms with Crippen LogP contribution in [0.4, 0.5) is 5.69 Å². The molecule has 2 aliphatic heterocycles. The van der Waals surface area contributed by atoms with Crippen molar-refractivity contribution < 1.29 is 19.7 Å². The van der Waals surface area contributed by atoms with Crippen LogP contribution in [-0.2, 0) is 16.0 Å².